The fourth-order valence-electron chi connectivity index (χ4n) is 2.07. The van der Waals surface area contributed by atoms with Crippen LogP contribution in [0.1, 0.15) is 30.3 Å². The first-order valence-corrected chi connectivity index (χ1v) is 6.47. The summed E-state index contributed by atoms with van der Waals surface area (Å²) in [5.41, 5.74) is 0.969. The molecule has 0 saturated carbocycles. The molecule has 1 heterocycles. The second kappa shape index (κ2) is 4.70. The predicted octanol–water partition coefficient (Wildman–Crippen LogP) is 4.16. The summed E-state index contributed by atoms with van der Waals surface area (Å²) >= 11 is 1.40. The van der Waals surface area contributed by atoms with E-state index in [0.717, 1.165) is 23.1 Å². The van der Waals surface area contributed by atoms with Gasteiger partial charge in [0.15, 0.2) is 0 Å². The molecule has 0 fully saturated rings. The zero-order valence-electron chi connectivity index (χ0n) is 10.1. The average Bonchev–Trinajstić information content (AvgIpc) is 2.57. The third kappa shape index (κ3) is 2.19. The van der Waals surface area contributed by atoms with Crippen molar-refractivity contribution in [2.75, 3.05) is 6.54 Å². The Labute approximate surface area is 103 Å². The highest BCUT2D eigenvalue weighted by Crippen LogP contribution is 2.36. The van der Waals surface area contributed by atoms with Crippen molar-refractivity contribution in [2.45, 2.75) is 26.8 Å². The van der Waals surface area contributed by atoms with Crippen LogP contribution in [0.5, 0.6) is 0 Å². The van der Waals surface area contributed by atoms with Crippen LogP contribution in [0.3, 0.4) is 0 Å². The molecule has 0 aliphatic carbocycles. The molecule has 1 nitrogen and oxygen atoms in total. The van der Waals surface area contributed by atoms with Gasteiger partial charge in [-0.25, -0.2) is 8.78 Å². The molecule has 0 aliphatic heterocycles. The van der Waals surface area contributed by atoms with E-state index >= 15 is 0 Å². The zero-order chi connectivity index (χ0) is 12.6. The Morgan fingerprint density at radius 3 is 2.71 bits per heavy atom. The number of nitrogens with one attached hydrogen (secondary N) is 1. The average molecular weight is 255 g/mol. The molecule has 1 atom stereocenters. The van der Waals surface area contributed by atoms with Crippen LogP contribution in [-0.4, -0.2) is 6.54 Å². The summed E-state index contributed by atoms with van der Waals surface area (Å²) in [6.07, 6.45) is 0. The number of rotatable bonds is 3. The maximum absolute atomic E-state index is 13.6. The van der Waals surface area contributed by atoms with Crippen LogP contribution < -0.4 is 5.32 Å². The molecular weight excluding hydrogens is 240 g/mol. The summed E-state index contributed by atoms with van der Waals surface area (Å²) in [5.74, 6) is -0.985. The minimum Gasteiger partial charge on any atom is -0.310 e. The molecule has 1 unspecified atom stereocenters. The van der Waals surface area contributed by atoms with Crippen molar-refractivity contribution in [2.24, 2.45) is 0 Å². The van der Waals surface area contributed by atoms with Gasteiger partial charge < -0.3 is 5.32 Å². The van der Waals surface area contributed by atoms with E-state index in [1.54, 1.807) is 0 Å². The summed E-state index contributed by atoms with van der Waals surface area (Å²) in [5, 5.41) is 3.98. The Hall–Kier alpha value is -1.00. The highest BCUT2D eigenvalue weighted by molar-refractivity contribution is 7.19. The number of thiophene rings is 1. The number of aryl methyl sites for hydroxylation is 1. The Bertz CT molecular complexity index is 548. The molecule has 0 spiro atoms. The van der Waals surface area contributed by atoms with Crippen LogP contribution in [0.25, 0.3) is 10.1 Å². The number of hydrogen-bond acceptors (Lipinski definition) is 2. The summed E-state index contributed by atoms with van der Waals surface area (Å²) in [6, 6.07) is 2.52. The first kappa shape index (κ1) is 12.5. The van der Waals surface area contributed by atoms with Crippen molar-refractivity contribution in [3.63, 3.8) is 0 Å². The monoisotopic (exact) mass is 255 g/mol. The maximum atomic E-state index is 13.6. The van der Waals surface area contributed by atoms with E-state index in [9.17, 15) is 8.78 Å². The topological polar surface area (TPSA) is 12.0 Å². The molecule has 0 aliphatic rings. The first-order chi connectivity index (χ1) is 8.04. The van der Waals surface area contributed by atoms with Crippen LogP contribution in [-0.2, 0) is 0 Å². The second-order valence-electron chi connectivity index (χ2n) is 4.13. The molecule has 0 amide bonds. The van der Waals surface area contributed by atoms with Gasteiger partial charge in [0.05, 0.1) is 4.70 Å². The molecule has 0 radical (unpaired) electrons. The van der Waals surface area contributed by atoms with Gasteiger partial charge in [-0.1, -0.05) is 6.92 Å². The van der Waals surface area contributed by atoms with Crippen LogP contribution in [0.4, 0.5) is 8.78 Å². The van der Waals surface area contributed by atoms with Gasteiger partial charge in [-0.15, -0.1) is 11.3 Å². The number of halogens is 2. The first-order valence-electron chi connectivity index (χ1n) is 5.66. The van der Waals surface area contributed by atoms with Gasteiger partial charge in [0.2, 0.25) is 0 Å². The minimum atomic E-state index is -0.515. The third-order valence-corrected chi connectivity index (χ3v) is 4.40. The molecule has 0 saturated heterocycles. The molecule has 2 rings (SSSR count). The normalized spacial score (nSPS) is 13.2. The standard InChI is InChI=1S/C13H15F2NS/c1-4-16-8(3)12-7(2)10-5-9(14)6-11(15)13(10)17-12/h5-6,8,16H,4H2,1-3H3. The molecular formula is C13H15F2NS. The van der Waals surface area contributed by atoms with Crippen molar-refractivity contribution in [1.29, 1.82) is 0 Å². The van der Waals surface area contributed by atoms with Gasteiger partial charge in [-0.3, -0.25) is 0 Å². The van der Waals surface area contributed by atoms with Gasteiger partial charge >= 0.3 is 0 Å². The van der Waals surface area contributed by atoms with Crippen LogP contribution >= 0.6 is 11.3 Å². The van der Waals surface area contributed by atoms with Crippen molar-refractivity contribution < 1.29 is 8.78 Å². The second-order valence-corrected chi connectivity index (χ2v) is 5.19. The molecule has 0 bridgehead atoms. The Morgan fingerprint density at radius 1 is 1.35 bits per heavy atom. The molecule has 4 heteroatoms. The molecule has 92 valence electrons. The lowest BCUT2D eigenvalue weighted by atomic mass is 10.1. The summed E-state index contributed by atoms with van der Waals surface area (Å²) in [4.78, 5) is 1.08. The fourth-order valence-corrected chi connectivity index (χ4v) is 3.30. The molecule has 2 aromatic rings. The van der Waals surface area contributed by atoms with Gasteiger partial charge in [-0.2, -0.15) is 0 Å². The molecule has 17 heavy (non-hydrogen) atoms. The molecule has 1 N–H and O–H groups in total. The largest absolute Gasteiger partial charge is 0.310 e. The molecule has 1 aromatic carbocycles. The van der Waals surface area contributed by atoms with E-state index in [-0.39, 0.29) is 6.04 Å². The van der Waals surface area contributed by atoms with E-state index in [1.165, 1.54) is 17.4 Å². The summed E-state index contributed by atoms with van der Waals surface area (Å²) < 4.78 is 27.4. The summed E-state index contributed by atoms with van der Waals surface area (Å²) in [7, 11) is 0. The number of hydrogen-bond donors (Lipinski definition) is 1. The Balaban J connectivity index is 2.60. The quantitative estimate of drug-likeness (QED) is 0.868. The third-order valence-electron chi connectivity index (χ3n) is 2.90. The van der Waals surface area contributed by atoms with Crippen molar-refractivity contribution >= 4 is 21.4 Å². The van der Waals surface area contributed by atoms with Crippen LogP contribution in [0.2, 0.25) is 0 Å². The highest BCUT2D eigenvalue weighted by atomic mass is 32.1. The van der Waals surface area contributed by atoms with Crippen molar-refractivity contribution in [3.05, 3.63) is 34.2 Å². The van der Waals surface area contributed by atoms with Gasteiger partial charge in [0, 0.05) is 22.4 Å². The SMILES string of the molecule is CCNC(C)c1sc2c(F)cc(F)cc2c1C. The van der Waals surface area contributed by atoms with Gasteiger partial charge in [0.1, 0.15) is 11.6 Å². The molecule has 1 aromatic heterocycles. The number of fused-ring (bicyclic) bond motifs is 1. The van der Waals surface area contributed by atoms with Crippen LogP contribution in [0, 0.1) is 18.6 Å². The highest BCUT2D eigenvalue weighted by Gasteiger charge is 2.16. The lowest BCUT2D eigenvalue weighted by Crippen LogP contribution is -2.17. The lowest BCUT2D eigenvalue weighted by molar-refractivity contribution is 0.593. The van der Waals surface area contributed by atoms with E-state index in [2.05, 4.69) is 5.32 Å². The smallest absolute Gasteiger partial charge is 0.143 e. The van der Waals surface area contributed by atoms with Gasteiger partial charge in [-0.05, 0) is 32.0 Å². The van der Waals surface area contributed by atoms with Crippen molar-refractivity contribution in [1.82, 2.24) is 5.32 Å². The fraction of sp³-hybridized carbons (Fsp3) is 0.385. The summed E-state index contributed by atoms with van der Waals surface area (Å²) in [6.45, 7) is 6.83. The van der Waals surface area contributed by atoms with E-state index in [1.807, 2.05) is 20.8 Å². The zero-order valence-corrected chi connectivity index (χ0v) is 10.9. The minimum absolute atomic E-state index is 0.167. The predicted molar refractivity (Wildman–Crippen MR) is 68.6 cm³/mol. The van der Waals surface area contributed by atoms with E-state index in [4.69, 9.17) is 0 Å². The van der Waals surface area contributed by atoms with Crippen LogP contribution in [0.15, 0.2) is 12.1 Å². The maximum Gasteiger partial charge on any atom is 0.143 e. The van der Waals surface area contributed by atoms with Crippen molar-refractivity contribution in [3.8, 4) is 0 Å². The van der Waals surface area contributed by atoms with E-state index in [0.29, 0.717) is 10.1 Å². The lowest BCUT2D eigenvalue weighted by Gasteiger charge is -2.11. The Morgan fingerprint density at radius 2 is 2.06 bits per heavy atom. The van der Waals surface area contributed by atoms with E-state index < -0.39 is 11.6 Å². The Kier molecular flexibility index (Phi) is 3.45. The van der Waals surface area contributed by atoms with Gasteiger partial charge in [0.25, 0.3) is 0 Å². The number of benzene rings is 1.